The molecule has 0 saturated heterocycles. The summed E-state index contributed by atoms with van der Waals surface area (Å²) in [5, 5.41) is 0. The van der Waals surface area contributed by atoms with Crippen molar-refractivity contribution in [3.63, 3.8) is 0 Å². The van der Waals surface area contributed by atoms with Gasteiger partial charge in [-0.3, -0.25) is 4.55 Å². The van der Waals surface area contributed by atoms with E-state index in [1.807, 2.05) is 0 Å². The monoisotopic (exact) mass is 228 g/mol. The maximum absolute atomic E-state index is 12.2. The molecular formula is C4H5F5O3S. The summed E-state index contributed by atoms with van der Waals surface area (Å²) in [5.74, 6) is -6.72. The Balaban J connectivity index is 4.43. The van der Waals surface area contributed by atoms with Crippen LogP contribution in [0.4, 0.5) is 22.0 Å². The van der Waals surface area contributed by atoms with Crippen LogP contribution in [0.3, 0.4) is 0 Å². The number of alkyl halides is 5. The highest BCUT2D eigenvalue weighted by Gasteiger charge is 2.46. The lowest BCUT2D eigenvalue weighted by molar-refractivity contribution is -0.181. The second-order valence-electron chi connectivity index (χ2n) is 2.37. The van der Waals surface area contributed by atoms with E-state index in [0.717, 1.165) is 0 Å². The molecule has 13 heavy (non-hydrogen) atoms. The van der Waals surface area contributed by atoms with Gasteiger partial charge in [0.1, 0.15) is 12.2 Å². The van der Waals surface area contributed by atoms with Crippen LogP contribution in [0.25, 0.3) is 0 Å². The van der Waals surface area contributed by atoms with Crippen LogP contribution in [0.2, 0.25) is 0 Å². The number of rotatable bonds is 3. The fraction of sp³-hybridized carbons (Fsp3) is 1.00. The first kappa shape index (κ1) is 12.6. The predicted molar refractivity (Wildman–Crippen MR) is 32.0 cm³/mol. The summed E-state index contributed by atoms with van der Waals surface area (Å²) in [4.78, 5) is 0. The quantitative estimate of drug-likeness (QED) is 0.587. The van der Waals surface area contributed by atoms with Gasteiger partial charge in [-0.05, 0) is 0 Å². The highest BCUT2D eigenvalue weighted by Crippen LogP contribution is 2.32. The van der Waals surface area contributed by atoms with Gasteiger partial charge in [0.05, 0.1) is 0 Å². The topological polar surface area (TPSA) is 54.4 Å². The molecule has 0 aromatic carbocycles. The molecule has 9 heteroatoms. The van der Waals surface area contributed by atoms with E-state index in [9.17, 15) is 30.4 Å². The zero-order valence-corrected chi connectivity index (χ0v) is 6.79. The van der Waals surface area contributed by atoms with Gasteiger partial charge in [0, 0.05) is 0 Å². The highest BCUT2D eigenvalue weighted by atomic mass is 32.2. The van der Waals surface area contributed by atoms with E-state index < -0.39 is 34.4 Å². The first-order chi connectivity index (χ1) is 5.41. The van der Waals surface area contributed by atoms with Crippen LogP contribution in [0.5, 0.6) is 0 Å². The third-order valence-corrected chi connectivity index (χ3v) is 1.64. The van der Waals surface area contributed by atoms with Crippen molar-refractivity contribution < 1.29 is 34.9 Å². The number of hydrogen-bond donors (Lipinski definition) is 1. The van der Waals surface area contributed by atoms with Gasteiger partial charge in [0.2, 0.25) is 0 Å². The molecule has 0 saturated carbocycles. The van der Waals surface area contributed by atoms with E-state index in [2.05, 4.69) is 0 Å². The van der Waals surface area contributed by atoms with Gasteiger partial charge >= 0.3 is 6.18 Å². The molecule has 0 aromatic rings. The second kappa shape index (κ2) is 3.37. The zero-order valence-electron chi connectivity index (χ0n) is 5.98. The van der Waals surface area contributed by atoms with Gasteiger partial charge in [-0.1, -0.05) is 0 Å². The molecule has 0 bridgehead atoms. The molecule has 0 amide bonds. The van der Waals surface area contributed by atoms with E-state index in [0.29, 0.717) is 0 Å². The van der Waals surface area contributed by atoms with Crippen LogP contribution in [0.15, 0.2) is 0 Å². The van der Waals surface area contributed by atoms with Crippen molar-refractivity contribution in [1.29, 1.82) is 0 Å². The van der Waals surface area contributed by atoms with Crippen LogP contribution in [0.1, 0.15) is 6.42 Å². The van der Waals surface area contributed by atoms with E-state index in [1.165, 1.54) is 0 Å². The fourth-order valence-electron chi connectivity index (χ4n) is 0.611. The molecule has 0 fully saturated rings. The first-order valence-corrected chi connectivity index (χ1v) is 4.42. The van der Waals surface area contributed by atoms with Crippen LogP contribution < -0.4 is 0 Å². The summed E-state index contributed by atoms with van der Waals surface area (Å²) < 4.78 is 86.0. The van der Waals surface area contributed by atoms with E-state index in [-0.39, 0.29) is 0 Å². The first-order valence-electron chi connectivity index (χ1n) is 2.81. The number of hydrogen-bond acceptors (Lipinski definition) is 2. The molecule has 3 nitrogen and oxygen atoms in total. The third-order valence-electron chi connectivity index (χ3n) is 0.853. The Morgan fingerprint density at radius 3 is 1.69 bits per heavy atom. The minimum Gasteiger partial charge on any atom is -0.285 e. The standard InChI is InChI=1S/C4H5F5O3S/c5-3(6,1-4(7,8)9)2-13(10,11)12/h1-2H2,(H,10,11,12). The Morgan fingerprint density at radius 1 is 1.08 bits per heavy atom. The Labute approximate surface area is 70.3 Å². The molecule has 0 unspecified atom stereocenters. The van der Waals surface area contributed by atoms with Crippen molar-refractivity contribution >= 4 is 10.1 Å². The molecule has 0 atom stereocenters. The molecule has 0 radical (unpaired) electrons. The van der Waals surface area contributed by atoms with Crippen molar-refractivity contribution in [2.75, 3.05) is 5.75 Å². The second-order valence-corrected chi connectivity index (χ2v) is 3.83. The normalized spacial score (nSPS) is 14.6. The van der Waals surface area contributed by atoms with Crippen LogP contribution >= 0.6 is 0 Å². The van der Waals surface area contributed by atoms with Crippen LogP contribution in [-0.2, 0) is 10.1 Å². The third kappa shape index (κ3) is 7.91. The largest absolute Gasteiger partial charge is 0.394 e. The van der Waals surface area contributed by atoms with Gasteiger partial charge in [0.25, 0.3) is 16.0 Å². The van der Waals surface area contributed by atoms with Crippen LogP contribution in [0, 0.1) is 0 Å². The van der Waals surface area contributed by atoms with Crippen molar-refractivity contribution in [2.45, 2.75) is 18.5 Å². The van der Waals surface area contributed by atoms with E-state index in [4.69, 9.17) is 4.55 Å². The summed E-state index contributed by atoms with van der Waals surface area (Å²) in [5.41, 5.74) is 0. The summed E-state index contributed by atoms with van der Waals surface area (Å²) in [7, 11) is -5.10. The predicted octanol–water partition coefficient (Wildman–Crippen LogP) is 1.46. The Morgan fingerprint density at radius 2 is 1.46 bits per heavy atom. The summed E-state index contributed by atoms with van der Waals surface area (Å²) in [6.07, 6.45) is -7.74. The van der Waals surface area contributed by atoms with Gasteiger partial charge in [-0.15, -0.1) is 0 Å². The lowest BCUT2D eigenvalue weighted by Gasteiger charge is -2.15. The van der Waals surface area contributed by atoms with Crippen molar-refractivity contribution in [3.05, 3.63) is 0 Å². The van der Waals surface area contributed by atoms with Crippen molar-refractivity contribution in [1.82, 2.24) is 0 Å². The van der Waals surface area contributed by atoms with Gasteiger partial charge in [-0.25, -0.2) is 8.78 Å². The molecule has 0 spiro atoms. The van der Waals surface area contributed by atoms with Gasteiger partial charge in [0.15, 0.2) is 0 Å². The maximum Gasteiger partial charge on any atom is 0.394 e. The molecule has 0 aliphatic heterocycles. The molecule has 0 rings (SSSR count). The minimum absolute atomic E-state index is 2.22. The highest BCUT2D eigenvalue weighted by molar-refractivity contribution is 7.85. The molecule has 0 aliphatic carbocycles. The Kier molecular flexibility index (Phi) is 3.26. The van der Waals surface area contributed by atoms with Crippen LogP contribution in [-0.4, -0.2) is 30.8 Å². The summed E-state index contributed by atoms with van der Waals surface area (Å²) >= 11 is 0. The minimum atomic E-state index is -5.17. The SMILES string of the molecule is O=S(=O)(O)CC(F)(F)CC(F)(F)F. The van der Waals surface area contributed by atoms with E-state index in [1.54, 1.807) is 0 Å². The van der Waals surface area contributed by atoms with E-state index >= 15 is 0 Å². The molecule has 1 N–H and O–H groups in total. The van der Waals surface area contributed by atoms with Gasteiger partial charge in [-0.2, -0.15) is 21.6 Å². The smallest absolute Gasteiger partial charge is 0.285 e. The molecule has 0 aliphatic rings. The average Bonchev–Trinajstić information content (AvgIpc) is 1.43. The average molecular weight is 228 g/mol. The molecule has 0 heterocycles. The summed E-state index contributed by atoms with van der Waals surface area (Å²) in [6.45, 7) is 0. The zero-order chi connectivity index (χ0) is 10.9. The molecule has 0 aromatic heterocycles. The Hall–Kier alpha value is -0.440. The molecule has 80 valence electrons. The molecular weight excluding hydrogens is 223 g/mol. The van der Waals surface area contributed by atoms with Crippen molar-refractivity contribution in [2.24, 2.45) is 0 Å². The van der Waals surface area contributed by atoms with Gasteiger partial charge < -0.3 is 0 Å². The maximum atomic E-state index is 12.2. The van der Waals surface area contributed by atoms with Crippen molar-refractivity contribution in [3.8, 4) is 0 Å². The lowest BCUT2D eigenvalue weighted by Crippen LogP contribution is -2.33. The Bertz CT molecular complexity index is 266. The lowest BCUT2D eigenvalue weighted by atomic mass is 10.3. The fourth-order valence-corrected chi connectivity index (χ4v) is 1.25. The summed E-state index contributed by atoms with van der Waals surface area (Å²) in [6, 6.07) is 0. The number of halogens is 5.